The Hall–Kier alpha value is -6.38. The lowest BCUT2D eigenvalue weighted by molar-refractivity contribution is 0.769. The van der Waals surface area contributed by atoms with Crippen molar-refractivity contribution in [1.82, 2.24) is 9.97 Å². The number of rotatable bonds is 6. The quantitative estimate of drug-likeness (QED) is 0.184. The van der Waals surface area contributed by atoms with Gasteiger partial charge in [-0.3, -0.25) is 9.97 Å². The summed E-state index contributed by atoms with van der Waals surface area (Å²) in [5.41, 5.74) is 15.5. The molecule has 49 heavy (non-hydrogen) atoms. The number of aromatic nitrogens is 2. The Bertz CT molecular complexity index is 2130. The van der Waals surface area contributed by atoms with Gasteiger partial charge in [0.05, 0.1) is 16.8 Å². The van der Waals surface area contributed by atoms with E-state index in [2.05, 4.69) is 170 Å². The first kappa shape index (κ1) is 28.8. The molecule has 0 aliphatic heterocycles. The monoisotopic (exact) mass is 624 g/mol. The fraction of sp³-hybridized carbons (Fsp3) is 0.0213. The van der Waals surface area contributed by atoms with Crippen molar-refractivity contribution in [2.45, 2.75) is 5.41 Å². The molecule has 9 rings (SSSR count). The predicted octanol–water partition coefficient (Wildman–Crippen LogP) is 11.5. The van der Waals surface area contributed by atoms with E-state index >= 15 is 0 Å². The number of fused-ring (bicyclic) bond motifs is 3. The third kappa shape index (κ3) is 4.89. The van der Waals surface area contributed by atoms with Gasteiger partial charge in [0.2, 0.25) is 0 Å². The second-order valence-electron chi connectivity index (χ2n) is 12.6. The Morgan fingerprint density at radius 3 is 1.12 bits per heavy atom. The molecule has 1 aliphatic rings. The van der Waals surface area contributed by atoms with E-state index in [1.165, 1.54) is 44.5 Å². The van der Waals surface area contributed by atoms with E-state index in [0.29, 0.717) is 0 Å². The molecule has 0 N–H and O–H groups in total. The number of hydrogen-bond donors (Lipinski definition) is 0. The van der Waals surface area contributed by atoms with Crippen LogP contribution in [0.25, 0.3) is 55.9 Å². The van der Waals surface area contributed by atoms with Gasteiger partial charge in [0.25, 0.3) is 0 Å². The van der Waals surface area contributed by atoms with Gasteiger partial charge in [0, 0.05) is 23.5 Å². The molecular formula is C47H32N2. The highest BCUT2D eigenvalue weighted by Crippen LogP contribution is 2.57. The largest absolute Gasteiger partial charge is 0.256 e. The highest BCUT2D eigenvalue weighted by Gasteiger charge is 2.46. The van der Waals surface area contributed by atoms with Crippen LogP contribution in [0, 0.1) is 0 Å². The Morgan fingerprint density at radius 2 is 0.694 bits per heavy atom. The van der Waals surface area contributed by atoms with Crippen molar-refractivity contribution >= 4 is 0 Å². The highest BCUT2D eigenvalue weighted by atomic mass is 14.7. The molecular weight excluding hydrogens is 593 g/mol. The normalized spacial score (nSPS) is 12.7. The maximum Gasteiger partial charge on any atom is 0.0714 e. The average molecular weight is 625 g/mol. The van der Waals surface area contributed by atoms with E-state index in [1.54, 1.807) is 0 Å². The van der Waals surface area contributed by atoms with Crippen LogP contribution in [0.1, 0.15) is 22.3 Å². The predicted molar refractivity (Wildman–Crippen MR) is 201 cm³/mol. The van der Waals surface area contributed by atoms with Crippen molar-refractivity contribution in [2.75, 3.05) is 0 Å². The molecule has 0 fully saturated rings. The zero-order chi connectivity index (χ0) is 32.6. The van der Waals surface area contributed by atoms with Gasteiger partial charge >= 0.3 is 0 Å². The standard InChI is InChI=1S/C47H32N2/c1-3-15-33(16-4-1)35-27-37(45-23-11-13-25-48-45)31-39(29-35)47(43-21-9-7-19-41(43)42-20-8-10-22-44(42)47)40-30-36(34-17-5-2-6-18-34)28-38(32-40)46-24-12-14-26-49-46/h1-32H. The van der Waals surface area contributed by atoms with Crippen LogP contribution in [0.4, 0.5) is 0 Å². The summed E-state index contributed by atoms with van der Waals surface area (Å²) in [6.07, 6.45) is 3.76. The first-order valence-electron chi connectivity index (χ1n) is 16.7. The summed E-state index contributed by atoms with van der Waals surface area (Å²) in [7, 11) is 0. The molecule has 2 heteroatoms. The second-order valence-corrected chi connectivity index (χ2v) is 12.6. The molecule has 230 valence electrons. The van der Waals surface area contributed by atoms with Crippen molar-refractivity contribution in [1.29, 1.82) is 0 Å². The van der Waals surface area contributed by atoms with E-state index in [1.807, 2.05) is 24.5 Å². The van der Waals surface area contributed by atoms with Crippen LogP contribution in [0.3, 0.4) is 0 Å². The number of hydrogen-bond acceptors (Lipinski definition) is 2. The summed E-state index contributed by atoms with van der Waals surface area (Å²) in [6, 6.07) is 65.6. The fourth-order valence-electron chi connectivity index (χ4n) is 7.67. The molecule has 6 aromatic carbocycles. The van der Waals surface area contributed by atoms with Gasteiger partial charge in [-0.05, 0) is 116 Å². The molecule has 0 radical (unpaired) electrons. The summed E-state index contributed by atoms with van der Waals surface area (Å²) in [5, 5.41) is 0. The minimum absolute atomic E-state index is 0.629. The van der Waals surface area contributed by atoms with Gasteiger partial charge in [-0.1, -0.05) is 121 Å². The molecule has 0 saturated carbocycles. The SMILES string of the molecule is c1ccc(-c2cc(-c3ccccn3)cc(C3(c4cc(-c5ccccc5)cc(-c5ccccn5)c4)c4ccccc4-c4ccccc43)c2)cc1. The zero-order valence-corrected chi connectivity index (χ0v) is 26.9. The summed E-state index contributed by atoms with van der Waals surface area (Å²) in [6.45, 7) is 0. The van der Waals surface area contributed by atoms with Crippen LogP contribution in [-0.2, 0) is 5.41 Å². The Balaban J connectivity index is 1.43. The highest BCUT2D eigenvalue weighted by molar-refractivity contribution is 5.89. The molecule has 0 amide bonds. The summed E-state index contributed by atoms with van der Waals surface area (Å²) >= 11 is 0. The molecule has 1 aliphatic carbocycles. The Kier molecular flexibility index (Phi) is 7.06. The van der Waals surface area contributed by atoms with Crippen molar-refractivity contribution in [3.8, 4) is 55.9 Å². The molecule has 8 aromatic rings. The average Bonchev–Trinajstić information content (AvgIpc) is 3.50. The number of benzene rings is 6. The number of nitrogens with zero attached hydrogens (tertiary/aromatic N) is 2. The van der Waals surface area contributed by atoms with Crippen molar-refractivity contribution in [2.24, 2.45) is 0 Å². The lowest BCUT2D eigenvalue weighted by Crippen LogP contribution is -2.29. The molecule has 0 spiro atoms. The van der Waals surface area contributed by atoms with Crippen molar-refractivity contribution in [3.63, 3.8) is 0 Å². The van der Waals surface area contributed by atoms with Gasteiger partial charge in [0.15, 0.2) is 0 Å². The first-order chi connectivity index (χ1) is 24.3. The zero-order valence-electron chi connectivity index (χ0n) is 26.9. The van der Waals surface area contributed by atoms with Crippen LogP contribution in [0.5, 0.6) is 0 Å². The second kappa shape index (κ2) is 12.0. The smallest absolute Gasteiger partial charge is 0.0714 e. The van der Waals surface area contributed by atoms with Crippen LogP contribution in [-0.4, -0.2) is 9.97 Å². The van der Waals surface area contributed by atoms with Gasteiger partial charge < -0.3 is 0 Å². The van der Waals surface area contributed by atoms with E-state index in [9.17, 15) is 0 Å². The van der Waals surface area contributed by atoms with Crippen LogP contribution in [0.2, 0.25) is 0 Å². The van der Waals surface area contributed by atoms with E-state index in [-0.39, 0.29) is 0 Å². The van der Waals surface area contributed by atoms with Gasteiger partial charge in [-0.25, -0.2) is 0 Å². The molecule has 0 saturated heterocycles. The van der Waals surface area contributed by atoms with Gasteiger partial charge in [0.1, 0.15) is 0 Å². The molecule has 0 bridgehead atoms. The minimum Gasteiger partial charge on any atom is -0.256 e. The van der Waals surface area contributed by atoms with Crippen LogP contribution in [0.15, 0.2) is 194 Å². The van der Waals surface area contributed by atoms with Gasteiger partial charge in [-0.15, -0.1) is 0 Å². The van der Waals surface area contributed by atoms with E-state index in [0.717, 1.165) is 33.6 Å². The maximum atomic E-state index is 4.83. The lowest BCUT2D eigenvalue weighted by Gasteiger charge is -2.35. The summed E-state index contributed by atoms with van der Waals surface area (Å²) in [5.74, 6) is 0. The molecule has 0 unspecified atom stereocenters. The first-order valence-corrected chi connectivity index (χ1v) is 16.7. The Labute approximate surface area is 287 Å². The molecule has 2 aromatic heterocycles. The minimum atomic E-state index is -0.629. The van der Waals surface area contributed by atoms with E-state index in [4.69, 9.17) is 9.97 Å². The molecule has 2 nitrogen and oxygen atoms in total. The van der Waals surface area contributed by atoms with E-state index < -0.39 is 5.41 Å². The lowest BCUT2D eigenvalue weighted by atomic mass is 9.66. The molecule has 2 heterocycles. The summed E-state index contributed by atoms with van der Waals surface area (Å²) in [4.78, 5) is 9.67. The summed E-state index contributed by atoms with van der Waals surface area (Å²) < 4.78 is 0. The van der Waals surface area contributed by atoms with Gasteiger partial charge in [-0.2, -0.15) is 0 Å². The molecule has 0 atom stereocenters. The number of pyridine rings is 2. The third-order valence-electron chi connectivity index (χ3n) is 9.82. The third-order valence-corrected chi connectivity index (χ3v) is 9.82. The van der Waals surface area contributed by atoms with Crippen molar-refractivity contribution < 1.29 is 0 Å². The van der Waals surface area contributed by atoms with Crippen molar-refractivity contribution in [3.05, 3.63) is 217 Å². The fourth-order valence-corrected chi connectivity index (χ4v) is 7.67. The van der Waals surface area contributed by atoms with Crippen LogP contribution < -0.4 is 0 Å². The maximum absolute atomic E-state index is 4.83. The topological polar surface area (TPSA) is 25.8 Å². The Morgan fingerprint density at radius 1 is 0.306 bits per heavy atom. The van der Waals surface area contributed by atoms with Crippen LogP contribution >= 0.6 is 0 Å².